The van der Waals surface area contributed by atoms with E-state index in [2.05, 4.69) is 15.9 Å². The second-order valence-corrected chi connectivity index (χ2v) is 5.36. The number of halogens is 1. The van der Waals surface area contributed by atoms with E-state index < -0.39 is 17.8 Å². The van der Waals surface area contributed by atoms with Crippen LogP contribution < -0.4 is 9.64 Å². The Bertz CT molecular complexity index is 531. The predicted molar refractivity (Wildman–Crippen MR) is 73.3 cm³/mol. The van der Waals surface area contributed by atoms with Gasteiger partial charge >= 0.3 is 5.97 Å². The standard InChI is InChI=1S/C13H14BrNO4/c1-15(12(16)8-6-9(8)13(17)18)7-3-4-11(19-2)10(14)5-7/h3-5,8-9H,6H2,1-2H3,(H,17,18). The molecule has 2 rings (SSSR count). The molecular formula is C13H14BrNO4. The van der Waals surface area contributed by atoms with Crippen LogP contribution in [0, 0.1) is 11.8 Å². The van der Waals surface area contributed by atoms with E-state index in [1.165, 1.54) is 4.90 Å². The van der Waals surface area contributed by atoms with Gasteiger partial charge in [0.25, 0.3) is 0 Å². The molecule has 0 heterocycles. The van der Waals surface area contributed by atoms with Crippen LogP contribution in [0.4, 0.5) is 5.69 Å². The molecule has 1 saturated carbocycles. The lowest BCUT2D eigenvalue weighted by atomic mass is 10.2. The number of nitrogens with zero attached hydrogens (tertiary/aromatic N) is 1. The minimum absolute atomic E-state index is 0.163. The lowest BCUT2D eigenvalue weighted by Gasteiger charge is -2.18. The molecule has 6 heteroatoms. The molecule has 2 unspecified atom stereocenters. The maximum absolute atomic E-state index is 12.1. The topological polar surface area (TPSA) is 66.8 Å². The van der Waals surface area contributed by atoms with Gasteiger partial charge in [0, 0.05) is 12.7 Å². The molecule has 0 saturated heterocycles. The van der Waals surface area contributed by atoms with E-state index in [-0.39, 0.29) is 5.91 Å². The summed E-state index contributed by atoms with van der Waals surface area (Å²) in [6.45, 7) is 0. The third kappa shape index (κ3) is 2.73. The van der Waals surface area contributed by atoms with Crippen molar-refractivity contribution < 1.29 is 19.4 Å². The van der Waals surface area contributed by atoms with Crippen LogP contribution >= 0.6 is 15.9 Å². The number of benzene rings is 1. The van der Waals surface area contributed by atoms with Crippen LogP contribution in [0.2, 0.25) is 0 Å². The molecule has 1 aromatic carbocycles. The predicted octanol–water partition coefficient (Wildman–Crippen LogP) is 2.14. The van der Waals surface area contributed by atoms with Crippen molar-refractivity contribution in [1.82, 2.24) is 0 Å². The summed E-state index contributed by atoms with van der Waals surface area (Å²) in [4.78, 5) is 24.4. The van der Waals surface area contributed by atoms with E-state index in [4.69, 9.17) is 9.84 Å². The molecular weight excluding hydrogens is 314 g/mol. The smallest absolute Gasteiger partial charge is 0.307 e. The van der Waals surface area contributed by atoms with Crippen LogP contribution in [-0.2, 0) is 9.59 Å². The molecule has 0 radical (unpaired) electrons. The number of rotatable bonds is 4. The first-order valence-corrected chi connectivity index (χ1v) is 6.59. The van der Waals surface area contributed by atoms with Gasteiger partial charge in [-0.1, -0.05) is 0 Å². The SMILES string of the molecule is COc1ccc(N(C)C(=O)C2CC2C(=O)O)cc1Br. The molecule has 102 valence electrons. The average molecular weight is 328 g/mol. The Labute approximate surface area is 119 Å². The van der Waals surface area contributed by atoms with Gasteiger partial charge in [-0.3, -0.25) is 9.59 Å². The monoisotopic (exact) mass is 327 g/mol. The molecule has 1 aromatic rings. The van der Waals surface area contributed by atoms with Crippen molar-refractivity contribution in [3.63, 3.8) is 0 Å². The second kappa shape index (κ2) is 5.21. The maximum Gasteiger partial charge on any atom is 0.307 e. The lowest BCUT2D eigenvalue weighted by molar-refractivity contribution is -0.139. The van der Waals surface area contributed by atoms with E-state index in [0.29, 0.717) is 17.9 Å². The van der Waals surface area contributed by atoms with Crippen molar-refractivity contribution in [3.05, 3.63) is 22.7 Å². The minimum atomic E-state index is -0.900. The van der Waals surface area contributed by atoms with Crippen LogP contribution in [-0.4, -0.2) is 31.1 Å². The summed E-state index contributed by atoms with van der Waals surface area (Å²) in [7, 11) is 3.21. The van der Waals surface area contributed by atoms with Crippen LogP contribution in [0.25, 0.3) is 0 Å². The van der Waals surface area contributed by atoms with Crippen LogP contribution in [0.5, 0.6) is 5.75 Å². The van der Waals surface area contributed by atoms with Crippen LogP contribution in [0.1, 0.15) is 6.42 Å². The van der Waals surface area contributed by atoms with Crippen molar-refractivity contribution in [2.45, 2.75) is 6.42 Å². The quantitative estimate of drug-likeness (QED) is 0.920. The first kappa shape index (κ1) is 13.9. The number of ether oxygens (including phenoxy) is 1. The van der Waals surface area contributed by atoms with Crippen LogP contribution in [0.15, 0.2) is 22.7 Å². The molecule has 1 aliphatic carbocycles. The molecule has 0 aliphatic heterocycles. The first-order valence-electron chi connectivity index (χ1n) is 5.79. The summed E-state index contributed by atoms with van der Waals surface area (Å²) < 4.78 is 5.87. The Kier molecular flexibility index (Phi) is 3.80. The maximum atomic E-state index is 12.1. The van der Waals surface area contributed by atoms with Gasteiger partial charge in [0.15, 0.2) is 0 Å². The molecule has 1 aliphatic rings. The highest BCUT2D eigenvalue weighted by Gasteiger charge is 2.49. The number of carbonyl (C=O) groups excluding carboxylic acids is 1. The van der Waals surface area contributed by atoms with Gasteiger partial charge in [0.1, 0.15) is 5.75 Å². The molecule has 0 aromatic heterocycles. The van der Waals surface area contributed by atoms with Gasteiger partial charge in [-0.2, -0.15) is 0 Å². The lowest BCUT2D eigenvalue weighted by Crippen LogP contribution is -2.29. The summed E-state index contributed by atoms with van der Waals surface area (Å²) in [6, 6.07) is 5.29. The highest BCUT2D eigenvalue weighted by Crippen LogP contribution is 2.41. The Hall–Kier alpha value is -1.56. The minimum Gasteiger partial charge on any atom is -0.496 e. The number of anilines is 1. The van der Waals surface area contributed by atoms with Gasteiger partial charge in [-0.25, -0.2) is 0 Å². The zero-order valence-corrected chi connectivity index (χ0v) is 12.2. The van der Waals surface area contributed by atoms with Crippen molar-refractivity contribution in [2.75, 3.05) is 19.1 Å². The largest absolute Gasteiger partial charge is 0.496 e. The molecule has 0 bridgehead atoms. The van der Waals surface area contributed by atoms with E-state index in [9.17, 15) is 9.59 Å². The van der Waals surface area contributed by atoms with E-state index in [1.54, 1.807) is 32.4 Å². The summed E-state index contributed by atoms with van der Waals surface area (Å²) in [6.07, 6.45) is 0.426. The summed E-state index contributed by atoms with van der Waals surface area (Å²) >= 11 is 3.36. The number of hydrogen-bond acceptors (Lipinski definition) is 3. The molecule has 5 nitrogen and oxygen atoms in total. The van der Waals surface area contributed by atoms with Gasteiger partial charge < -0.3 is 14.7 Å². The van der Waals surface area contributed by atoms with Gasteiger partial charge in [-0.05, 0) is 40.5 Å². The number of carbonyl (C=O) groups is 2. The molecule has 1 N–H and O–H groups in total. The number of carboxylic acid groups (broad SMARTS) is 1. The molecule has 0 spiro atoms. The number of hydrogen-bond donors (Lipinski definition) is 1. The molecule has 19 heavy (non-hydrogen) atoms. The third-order valence-electron chi connectivity index (χ3n) is 3.28. The number of carboxylic acids is 1. The van der Waals surface area contributed by atoms with Crippen LogP contribution in [0.3, 0.4) is 0 Å². The Morgan fingerprint density at radius 3 is 2.58 bits per heavy atom. The molecule has 2 atom stereocenters. The average Bonchev–Trinajstić information content (AvgIpc) is 3.17. The highest BCUT2D eigenvalue weighted by molar-refractivity contribution is 9.10. The molecule has 1 fully saturated rings. The zero-order valence-electron chi connectivity index (χ0n) is 10.6. The van der Waals surface area contributed by atoms with Gasteiger partial charge in [0.2, 0.25) is 5.91 Å². The fourth-order valence-corrected chi connectivity index (χ4v) is 2.51. The van der Waals surface area contributed by atoms with Crippen molar-refractivity contribution in [1.29, 1.82) is 0 Å². The Morgan fingerprint density at radius 2 is 2.11 bits per heavy atom. The highest BCUT2D eigenvalue weighted by atomic mass is 79.9. The zero-order chi connectivity index (χ0) is 14.2. The summed E-state index contributed by atoms with van der Waals surface area (Å²) in [5.74, 6) is -1.31. The number of aliphatic carboxylic acids is 1. The van der Waals surface area contributed by atoms with Crippen molar-refractivity contribution in [3.8, 4) is 5.75 Å². The van der Waals surface area contributed by atoms with Gasteiger partial charge in [0.05, 0.1) is 23.4 Å². The first-order chi connectivity index (χ1) is 8.95. The second-order valence-electron chi connectivity index (χ2n) is 4.50. The number of amides is 1. The van der Waals surface area contributed by atoms with Crippen molar-refractivity contribution in [2.24, 2.45) is 11.8 Å². The third-order valence-corrected chi connectivity index (χ3v) is 3.90. The van der Waals surface area contributed by atoms with E-state index in [0.717, 1.165) is 4.47 Å². The normalized spacial score (nSPS) is 20.8. The number of methoxy groups -OCH3 is 1. The Morgan fingerprint density at radius 1 is 1.42 bits per heavy atom. The molecule has 1 amide bonds. The fourth-order valence-electron chi connectivity index (χ4n) is 1.98. The summed E-state index contributed by atoms with van der Waals surface area (Å²) in [5.41, 5.74) is 0.703. The summed E-state index contributed by atoms with van der Waals surface area (Å²) in [5, 5.41) is 8.84. The Balaban J connectivity index is 2.12. The van der Waals surface area contributed by atoms with E-state index in [1.807, 2.05) is 0 Å². The van der Waals surface area contributed by atoms with Gasteiger partial charge in [-0.15, -0.1) is 0 Å². The van der Waals surface area contributed by atoms with E-state index >= 15 is 0 Å². The van der Waals surface area contributed by atoms with Crippen molar-refractivity contribution >= 4 is 33.5 Å². The fraction of sp³-hybridized carbons (Fsp3) is 0.385.